The van der Waals surface area contributed by atoms with E-state index in [0.717, 1.165) is 0 Å². The molecule has 0 heterocycles. The molecule has 1 aliphatic rings. The summed E-state index contributed by atoms with van der Waals surface area (Å²) < 4.78 is 10.8. The molecule has 0 saturated carbocycles. The Morgan fingerprint density at radius 3 is 1.27 bits per heavy atom. The molecule has 0 spiro atoms. The van der Waals surface area contributed by atoms with Gasteiger partial charge in [0.05, 0.1) is 11.1 Å². The summed E-state index contributed by atoms with van der Waals surface area (Å²) in [6.45, 7) is 10.2. The van der Waals surface area contributed by atoms with E-state index in [-0.39, 0.29) is 44.9 Å². The van der Waals surface area contributed by atoms with Gasteiger partial charge >= 0.3 is 11.9 Å². The number of carbonyl (C=O) groups is 4. The maximum absolute atomic E-state index is 13.0. The van der Waals surface area contributed by atoms with Crippen molar-refractivity contribution in [3.63, 3.8) is 0 Å². The highest BCUT2D eigenvalue weighted by atomic mass is 16.6. The molecular weight excluding hydrogens is 384 g/mol. The van der Waals surface area contributed by atoms with Crippen molar-refractivity contribution in [3.05, 3.63) is 69.8 Å². The first kappa shape index (κ1) is 21.4. The van der Waals surface area contributed by atoms with Crippen molar-refractivity contribution in [2.45, 2.75) is 52.7 Å². The first-order valence-electron chi connectivity index (χ1n) is 9.62. The van der Waals surface area contributed by atoms with Gasteiger partial charge in [-0.25, -0.2) is 9.59 Å². The van der Waals surface area contributed by atoms with Gasteiger partial charge in [-0.15, -0.1) is 0 Å². The fourth-order valence-corrected chi connectivity index (χ4v) is 3.15. The summed E-state index contributed by atoms with van der Waals surface area (Å²) in [6, 6.07) is 8.98. The Labute approximate surface area is 175 Å². The molecule has 0 aliphatic heterocycles. The molecule has 0 fully saturated rings. The van der Waals surface area contributed by atoms with Gasteiger partial charge in [-0.1, -0.05) is 24.3 Å². The van der Waals surface area contributed by atoms with E-state index < -0.39 is 23.1 Å². The van der Waals surface area contributed by atoms with Crippen LogP contribution in [0.25, 0.3) is 0 Å². The number of ketones is 2. The predicted octanol–water partition coefficient (Wildman–Crippen LogP) is 4.37. The molecule has 0 aromatic heterocycles. The molecule has 2 aromatic carbocycles. The summed E-state index contributed by atoms with van der Waals surface area (Å²) in [4.78, 5) is 51.7. The molecule has 6 heteroatoms. The normalized spacial score (nSPS) is 13.4. The summed E-state index contributed by atoms with van der Waals surface area (Å²) in [6.07, 6.45) is 0. The highest BCUT2D eigenvalue weighted by molar-refractivity contribution is 6.29. The van der Waals surface area contributed by atoms with Crippen LogP contribution in [0.5, 0.6) is 0 Å². The van der Waals surface area contributed by atoms with E-state index in [1.165, 1.54) is 12.1 Å². The molecule has 6 nitrogen and oxygen atoms in total. The van der Waals surface area contributed by atoms with Crippen molar-refractivity contribution in [3.8, 4) is 0 Å². The van der Waals surface area contributed by atoms with Crippen LogP contribution in [0.2, 0.25) is 0 Å². The highest BCUT2D eigenvalue weighted by Crippen LogP contribution is 2.31. The third-order valence-electron chi connectivity index (χ3n) is 4.30. The van der Waals surface area contributed by atoms with E-state index in [4.69, 9.17) is 9.47 Å². The molecule has 1 aliphatic carbocycles. The van der Waals surface area contributed by atoms with Crippen LogP contribution >= 0.6 is 0 Å². The minimum absolute atomic E-state index is 0.0619. The molecule has 0 saturated heterocycles. The average Bonchev–Trinajstić information content (AvgIpc) is 2.62. The van der Waals surface area contributed by atoms with Crippen LogP contribution in [0.3, 0.4) is 0 Å². The number of hydrogen-bond donors (Lipinski definition) is 0. The smallest absolute Gasteiger partial charge is 0.339 e. The molecular formula is C24H24O6. The number of fused-ring (bicyclic) bond motifs is 2. The third kappa shape index (κ3) is 4.17. The van der Waals surface area contributed by atoms with E-state index in [2.05, 4.69) is 0 Å². The molecule has 156 valence electrons. The standard InChI is InChI=1S/C24H24O6/c1-23(2,3)29-21(27)17-11-15-16(12-18(17)22(28)30-24(4,5)6)20(26)14-10-8-7-9-13(14)19(15)25/h7-12H,1-6H3. The van der Waals surface area contributed by atoms with Crippen LogP contribution < -0.4 is 0 Å². The van der Waals surface area contributed by atoms with Gasteiger partial charge < -0.3 is 9.47 Å². The van der Waals surface area contributed by atoms with Crippen LogP contribution in [-0.4, -0.2) is 34.7 Å². The monoisotopic (exact) mass is 408 g/mol. The van der Waals surface area contributed by atoms with Crippen molar-refractivity contribution in [2.24, 2.45) is 0 Å². The van der Waals surface area contributed by atoms with E-state index in [9.17, 15) is 19.2 Å². The first-order chi connectivity index (χ1) is 13.8. The number of carbonyl (C=O) groups excluding carboxylic acids is 4. The zero-order chi connectivity index (χ0) is 22.4. The van der Waals surface area contributed by atoms with Crippen molar-refractivity contribution >= 4 is 23.5 Å². The van der Waals surface area contributed by atoms with E-state index in [1.54, 1.807) is 65.8 Å². The van der Waals surface area contributed by atoms with Crippen molar-refractivity contribution in [1.82, 2.24) is 0 Å². The van der Waals surface area contributed by atoms with Gasteiger partial charge in [0.15, 0.2) is 11.6 Å². The lowest BCUT2D eigenvalue weighted by Gasteiger charge is -2.24. The van der Waals surface area contributed by atoms with E-state index in [1.807, 2.05) is 0 Å². The number of ether oxygens (including phenoxy) is 2. The molecule has 30 heavy (non-hydrogen) atoms. The Kier molecular flexibility index (Phi) is 5.14. The topological polar surface area (TPSA) is 86.7 Å². The minimum atomic E-state index is -0.815. The number of esters is 2. The fourth-order valence-electron chi connectivity index (χ4n) is 3.15. The Hall–Kier alpha value is -3.28. The summed E-state index contributed by atoms with van der Waals surface area (Å²) >= 11 is 0. The van der Waals surface area contributed by atoms with Crippen LogP contribution in [0.15, 0.2) is 36.4 Å². The van der Waals surface area contributed by atoms with Crippen LogP contribution in [0.1, 0.15) is 94.1 Å². The number of hydrogen-bond acceptors (Lipinski definition) is 6. The van der Waals surface area contributed by atoms with Crippen molar-refractivity contribution < 1.29 is 28.7 Å². The van der Waals surface area contributed by atoms with Gasteiger partial charge in [0.25, 0.3) is 0 Å². The van der Waals surface area contributed by atoms with Gasteiger partial charge in [-0.05, 0) is 53.7 Å². The summed E-state index contributed by atoms with van der Waals surface area (Å²) in [5.74, 6) is -2.32. The molecule has 0 bridgehead atoms. The minimum Gasteiger partial charge on any atom is -0.456 e. The van der Waals surface area contributed by atoms with Gasteiger partial charge in [0.2, 0.25) is 0 Å². The first-order valence-corrected chi connectivity index (χ1v) is 9.62. The average molecular weight is 408 g/mol. The zero-order valence-corrected chi connectivity index (χ0v) is 17.9. The summed E-state index contributed by atoms with van der Waals surface area (Å²) in [5, 5.41) is 0. The van der Waals surface area contributed by atoms with Gasteiger partial charge in [-0.3, -0.25) is 9.59 Å². The van der Waals surface area contributed by atoms with E-state index >= 15 is 0 Å². The van der Waals surface area contributed by atoms with Gasteiger partial charge in [-0.2, -0.15) is 0 Å². The maximum Gasteiger partial charge on any atom is 0.339 e. The van der Waals surface area contributed by atoms with Crippen molar-refractivity contribution in [2.75, 3.05) is 0 Å². The Bertz CT molecular complexity index is 994. The lowest BCUT2D eigenvalue weighted by Crippen LogP contribution is -2.29. The Morgan fingerprint density at radius 2 is 0.967 bits per heavy atom. The highest BCUT2D eigenvalue weighted by Gasteiger charge is 2.34. The largest absolute Gasteiger partial charge is 0.456 e. The second-order valence-electron chi connectivity index (χ2n) is 9.15. The van der Waals surface area contributed by atoms with Crippen molar-refractivity contribution in [1.29, 1.82) is 0 Å². The van der Waals surface area contributed by atoms with Crippen LogP contribution in [-0.2, 0) is 9.47 Å². The predicted molar refractivity (Wildman–Crippen MR) is 110 cm³/mol. The number of rotatable bonds is 2. The second kappa shape index (κ2) is 7.20. The lowest BCUT2D eigenvalue weighted by molar-refractivity contribution is 0.00185. The molecule has 0 atom stereocenters. The Morgan fingerprint density at radius 1 is 0.633 bits per heavy atom. The van der Waals surface area contributed by atoms with Gasteiger partial charge in [0.1, 0.15) is 11.2 Å². The molecule has 0 radical (unpaired) electrons. The third-order valence-corrected chi connectivity index (χ3v) is 4.30. The second-order valence-corrected chi connectivity index (χ2v) is 9.15. The van der Waals surface area contributed by atoms with Gasteiger partial charge in [0, 0.05) is 22.3 Å². The summed E-state index contributed by atoms with van der Waals surface area (Å²) in [7, 11) is 0. The Balaban J connectivity index is 2.21. The molecule has 3 rings (SSSR count). The SMILES string of the molecule is CC(C)(C)OC(=O)c1cc2c(cc1C(=O)OC(C)(C)C)C(=O)c1ccccc1C2=O. The summed E-state index contributed by atoms with van der Waals surface area (Å²) in [5.41, 5.74) is -1.21. The van der Waals surface area contributed by atoms with Crippen LogP contribution in [0, 0.1) is 0 Å². The quantitative estimate of drug-likeness (QED) is 0.585. The van der Waals surface area contributed by atoms with E-state index in [0.29, 0.717) is 0 Å². The maximum atomic E-state index is 13.0. The molecule has 0 N–H and O–H groups in total. The number of benzene rings is 2. The van der Waals surface area contributed by atoms with Crippen LogP contribution in [0.4, 0.5) is 0 Å². The molecule has 2 aromatic rings. The fraction of sp³-hybridized carbons (Fsp3) is 0.333. The zero-order valence-electron chi connectivity index (χ0n) is 17.9. The molecule has 0 amide bonds. The molecule has 0 unspecified atom stereocenters. The lowest BCUT2D eigenvalue weighted by atomic mass is 9.82.